The predicted molar refractivity (Wildman–Crippen MR) is 110 cm³/mol. The molecule has 154 valence electrons. The van der Waals surface area contributed by atoms with E-state index in [4.69, 9.17) is 14.8 Å². The van der Waals surface area contributed by atoms with Crippen molar-refractivity contribution >= 4 is 23.2 Å². The smallest absolute Gasteiger partial charge is 0.238 e. The molecule has 2 bridgehead atoms. The molecular weight excluding hydrogens is 394 g/mol. The molecule has 31 heavy (non-hydrogen) atoms. The van der Waals surface area contributed by atoms with Crippen molar-refractivity contribution in [1.82, 2.24) is 0 Å². The third-order valence-corrected chi connectivity index (χ3v) is 7.16. The first-order chi connectivity index (χ1) is 15.2. The molecule has 0 radical (unpaired) electrons. The number of carbonyl (C=O) groups excluding carboxylic acids is 2. The molecule has 0 aromatic heterocycles. The standard InChI is InChI=1S/C24H19N3O4/c25-10-11-30-15-8-6-13(7-9-15)21-20-16-12-17(22(20)31-26-21)19-18(16)23(28)27(24(19)29)14-4-2-1-3-5-14/h1-9,16-20,22H,11-12H2/t16-,17+,18-,19-,20-,22+/m0/s1. The number of rotatable bonds is 4. The summed E-state index contributed by atoms with van der Waals surface area (Å²) in [5, 5.41) is 13.0. The third-order valence-electron chi connectivity index (χ3n) is 7.16. The summed E-state index contributed by atoms with van der Waals surface area (Å²) in [6, 6.07) is 18.5. The van der Waals surface area contributed by atoms with Crippen LogP contribution in [0.4, 0.5) is 5.69 Å². The van der Waals surface area contributed by atoms with E-state index < -0.39 is 0 Å². The largest absolute Gasteiger partial charge is 0.479 e. The zero-order chi connectivity index (χ0) is 21.1. The van der Waals surface area contributed by atoms with Crippen LogP contribution in [-0.2, 0) is 14.4 Å². The van der Waals surface area contributed by atoms with Crippen LogP contribution in [0.2, 0.25) is 0 Å². The van der Waals surface area contributed by atoms with Crippen LogP contribution in [0.25, 0.3) is 0 Å². The molecule has 1 saturated heterocycles. The summed E-state index contributed by atoms with van der Waals surface area (Å²) in [5.74, 6) is -0.180. The molecule has 2 saturated carbocycles. The summed E-state index contributed by atoms with van der Waals surface area (Å²) in [4.78, 5) is 33.8. The van der Waals surface area contributed by atoms with Gasteiger partial charge in [-0.25, -0.2) is 0 Å². The maximum absolute atomic E-state index is 13.3. The molecule has 0 N–H and O–H groups in total. The van der Waals surface area contributed by atoms with Gasteiger partial charge in [0, 0.05) is 17.4 Å². The average Bonchev–Trinajstić information content (AvgIpc) is 3.53. The molecule has 2 aromatic rings. The Balaban J connectivity index is 1.29. The Morgan fingerprint density at radius 3 is 2.42 bits per heavy atom. The molecule has 6 atom stereocenters. The van der Waals surface area contributed by atoms with Gasteiger partial charge in [-0.15, -0.1) is 0 Å². The monoisotopic (exact) mass is 413 g/mol. The minimum absolute atomic E-state index is 0.00426. The topological polar surface area (TPSA) is 92.0 Å². The van der Waals surface area contributed by atoms with Gasteiger partial charge in [0.25, 0.3) is 0 Å². The van der Waals surface area contributed by atoms with Gasteiger partial charge >= 0.3 is 0 Å². The molecular formula is C24H19N3O4. The number of para-hydroxylation sites is 1. The first-order valence-electron chi connectivity index (χ1n) is 10.5. The fourth-order valence-corrected chi connectivity index (χ4v) is 6.03. The summed E-state index contributed by atoms with van der Waals surface area (Å²) < 4.78 is 5.33. The van der Waals surface area contributed by atoms with Gasteiger partial charge in [0.15, 0.2) is 6.61 Å². The molecule has 7 nitrogen and oxygen atoms in total. The van der Waals surface area contributed by atoms with Crippen LogP contribution in [0, 0.1) is 40.9 Å². The number of ether oxygens (including phenoxy) is 1. The molecule has 7 heteroatoms. The lowest BCUT2D eigenvalue weighted by molar-refractivity contribution is -0.125. The van der Waals surface area contributed by atoms with Crippen LogP contribution in [0.3, 0.4) is 0 Å². The number of oxime groups is 1. The maximum atomic E-state index is 13.3. The minimum atomic E-state index is -0.324. The SMILES string of the molecule is N#CCOc1ccc(C2=NO[C@@H]3[C@@H]4C[C@H]([C@@H]23)[C@@H]2C(=O)N(c3ccccc3)C(=O)[C@@H]42)cc1. The van der Waals surface area contributed by atoms with E-state index >= 15 is 0 Å². The number of amides is 2. The van der Waals surface area contributed by atoms with Crippen molar-refractivity contribution in [1.29, 1.82) is 5.26 Å². The van der Waals surface area contributed by atoms with Gasteiger partial charge < -0.3 is 9.57 Å². The van der Waals surface area contributed by atoms with Gasteiger partial charge in [-0.1, -0.05) is 23.4 Å². The van der Waals surface area contributed by atoms with Crippen LogP contribution >= 0.6 is 0 Å². The van der Waals surface area contributed by atoms with Crippen molar-refractivity contribution < 1.29 is 19.2 Å². The Morgan fingerprint density at radius 2 is 1.71 bits per heavy atom. The number of nitriles is 1. The van der Waals surface area contributed by atoms with Gasteiger partial charge in [0.2, 0.25) is 11.8 Å². The Bertz CT molecular complexity index is 1140. The highest BCUT2D eigenvalue weighted by molar-refractivity contribution is 6.23. The second kappa shape index (κ2) is 6.67. The van der Waals surface area contributed by atoms with Crippen LogP contribution in [0.15, 0.2) is 59.8 Å². The van der Waals surface area contributed by atoms with Crippen molar-refractivity contribution in [2.24, 2.45) is 34.7 Å². The van der Waals surface area contributed by atoms with Gasteiger partial charge in [-0.2, -0.15) is 5.26 Å². The first-order valence-corrected chi connectivity index (χ1v) is 10.5. The Kier molecular flexibility index (Phi) is 3.90. The number of hydrogen-bond acceptors (Lipinski definition) is 6. The van der Waals surface area contributed by atoms with Gasteiger partial charge in [-0.3, -0.25) is 14.5 Å². The lowest BCUT2D eigenvalue weighted by Gasteiger charge is -2.29. The second-order valence-electron chi connectivity index (χ2n) is 8.51. The zero-order valence-corrected chi connectivity index (χ0v) is 16.5. The van der Waals surface area contributed by atoms with Gasteiger partial charge in [0.05, 0.1) is 23.2 Å². The minimum Gasteiger partial charge on any atom is -0.479 e. The van der Waals surface area contributed by atoms with E-state index in [0.717, 1.165) is 17.7 Å². The van der Waals surface area contributed by atoms with E-state index in [9.17, 15) is 9.59 Å². The number of carbonyl (C=O) groups is 2. The fraction of sp³-hybridized carbons (Fsp3) is 0.333. The van der Waals surface area contributed by atoms with Gasteiger partial charge in [0.1, 0.15) is 17.9 Å². The zero-order valence-electron chi connectivity index (χ0n) is 16.5. The Labute approximate surface area is 178 Å². The average molecular weight is 413 g/mol. The van der Waals surface area contributed by atoms with E-state index in [1.54, 1.807) is 24.3 Å². The molecule has 0 spiro atoms. The Morgan fingerprint density at radius 1 is 1.00 bits per heavy atom. The van der Waals surface area contributed by atoms with Crippen LogP contribution < -0.4 is 9.64 Å². The number of anilines is 1. The van der Waals surface area contributed by atoms with E-state index in [-0.39, 0.29) is 54.1 Å². The first kappa shape index (κ1) is 18.1. The summed E-state index contributed by atoms with van der Waals surface area (Å²) >= 11 is 0. The highest BCUT2D eigenvalue weighted by atomic mass is 16.6. The summed E-state index contributed by atoms with van der Waals surface area (Å²) in [7, 11) is 0. The maximum Gasteiger partial charge on any atom is 0.238 e. The van der Waals surface area contributed by atoms with Crippen molar-refractivity contribution in [3.63, 3.8) is 0 Å². The molecule has 2 heterocycles. The van der Waals surface area contributed by atoms with E-state index in [1.165, 1.54) is 4.90 Å². The quantitative estimate of drug-likeness (QED) is 0.719. The highest BCUT2D eigenvalue weighted by Gasteiger charge is 2.70. The van der Waals surface area contributed by atoms with Crippen molar-refractivity contribution in [2.45, 2.75) is 12.5 Å². The number of fused-ring (bicyclic) bond motifs is 8. The summed E-state index contributed by atoms with van der Waals surface area (Å²) in [6.45, 7) is -0.00498. The van der Waals surface area contributed by atoms with Crippen molar-refractivity contribution in [3.05, 3.63) is 60.2 Å². The number of hydrogen-bond donors (Lipinski definition) is 0. The molecule has 2 aromatic carbocycles. The molecule has 2 aliphatic carbocycles. The Hall–Kier alpha value is -3.66. The van der Waals surface area contributed by atoms with Crippen molar-refractivity contribution in [3.8, 4) is 11.8 Å². The normalized spacial score (nSPS) is 32.4. The second-order valence-corrected chi connectivity index (χ2v) is 8.51. The van der Waals surface area contributed by atoms with E-state index in [0.29, 0.717) is 11.4 Å². The van der Waals surface area contributed by atoms with E-state index in [2.05, 4.69) is 5.16 Å². The molecule has 2 amide bonds. The van der Waals surface area contributed by atoms with E-state index in [1.807, 2.05) is 36.4 Å². The summed E-state index contributed by atoms with van der Waals surface area (Å²) in [6.07, 6.45) is 0.649. The lowest BCUT2D eigenvalue weighted by atomic mass is 9.71. The molecule has 6 rings (SSSR count). The lowest BCUT2D eigenvalue weighted by Crippen LogP contribution is -2.41. The van der Waals surface area contributed by atoms with Crippen LogP contribution in [0.1, 0.15) is 12.0 Å². The number of imide groups is 1. The van der Waals surface area contributed by atoms with Crippen LogP contribution in [-0.4, -0.2) is 30.2 Å². The summed E-state index contributed by atoms with van der Waals surface area (Å²) in [5.41, 5.74) is 2.39. The number of nitrogens with zero attached hydrogens (tertiary/aromatic N) is 3. The van der Waals surface area contributed by atoms with Crippen molar-refractivity contribution in [2.75, 3.05) is 11.5 Å². The molecule has 3 fully saturated rings. The number of benzene rings is 2. The fourth-order valence-electron chi connectivity index (χ4n) is 6.03. The molecule has 2 aliphatic heterocycles. The van der Waals surface area contributed by atoms with Crippen LogP contribution in [0.5, 0.6) is 5.75 Å². The highest BCUT2D eigenvalue weighted by Crippen LogP contribution is 2.62. The molecule has 0 unspecified atom stereocenters. The van der Waals surface area contributed by atoms with Gasteiger partial charge in [-0.05, 0) is 48.7 Å². The molecule has 4 aliphatic rings. The third kappa shape index (κ3) is 2.48. The predicted octanol–water partition coefficient (Wildman–Crippen LogP) is 2.76.